The van der Waals surface area contributed by atoms with E-state index in [2.05, 4.69) is 10.6 Å². The molecule has 134 valence electrons. The van der Waals surface area contributed by atoms with Gasteiger partial charge in [-0.15, -0.1) is 0 Å². The molecule has 0 atom stereocenters. The lowest BCUT2D eigenvalue weighted by molar-refractivity contribution is -0.128. The fourth-order valence-corrected chi connectivity index (χ4v) is 3.09. The Morgan fingerprint density at radius 3 is 2.50 bits per heavy atom. The topological polar surface area (TPSA) is 65.0 Å². The molecule has 4 nitrogen and oxygen atoms in total. The van der Waals surface area contributed by atoms with E-state index in [9.17, 15) is 9.18 Å². The van der Waals surface area contributed by atoms with E-state index >= 15 is 0 Å². The number of amidine groups is 1. The summed E-state index contributed by atoms with van der Waals surface area (Å²) in [5, 5.41) is 14.0. The second kappa shape index (κ2) is 7.52. The Morgan fingerprint density at radius 2 is 1.88 bits per heavy atom. The molecule has 0 aromatic heterocycles. The Labute approximate surface area is 152 Å². The van der Waals surface area contributed by atoms with Crippen molar-refractivity contribution in [2.45, 2.75) is 31.6 Å². The summed E-state index contributed by atoms with van der Waals surface area (Å²) in [4.78, 5) is 12.8. The van der Waals surface area contributed by atoms with Gasteiger partial charge in [-0.3, -0.25) is 10.2 Å². The van der Waals surface area contributed by atoms with Gasteiger partial charge in [0, 0.05) is 17.5 Å². The molecule has 1 fully saturated rings. The first-order chi connectivity index (χ1) is 12.5. The first kappa shape index (κ1) is 17.9. The number of benzene rings is 2. The molecular formula is C21H22FN3O. The molecule has 1 amide bonds. The minimum Gasteiger partial charge on any atom is -0.361 e. The highest BCUT2D eigenvalue weighted by molar-refractivity contribution is 6.08. The Bertz CT molecular complexity index is 841. The molecule has 3 N–H and O–H groups in total. The average molecular weight is 351 g/mol. The monoisotopic (exact) mass is 351 g/mol. The third-order valence-corrected chi connectivity index (χ3v) is 4.88. The number of carbonyl (C=O) groups excluding carboxylic acids is 1. The molecule has 2 aromatic carbocycles. The lowest BCUT2D eigenvalue weighted by Crippen LogP contribution is -2.51. The molecule has 26 heavy (non-hydrogen) atoms. The van der Waals surface area contributed by atoms with E-state index < -0.39 is 5.41 Å². The largest absolute Gasteiger partial charge is 0.361 e. The van der Waals surface area contributed by atoms with Crippen molar-refractivity contribution < 1.29 is 9.18 Å². The van der Waals surface area contributed by atoms with Crippen LogP contribution in [0.5, 0.6) is 0 Å². The smallest absolute Gasteiger partial charge is 0.236 e. The minimum atomic E-state index is -0.735. The van der Waals surface area contributed by atoms with Crippen molar-refractivity contribution in [3.63, 3.8) is 0 Å². The van der Waals surface area contributed by atoms with Gasteiger partial charge in [0.1, 0.15) is 11.7 Å². The summed E-state index contributed by atoms with van der Waals surface area (Å²) in [6.07, 6.45) is 3.94. The van der Waals surface area contributed by atoms with Gasteiger partial charge in [-0.25, -0.2) is 4.39 Å². The van der Waals surface area contributed by atoms with Crippen LogP contribution in [0.2, 0.25) is 0 Å². The minimum absolute atomic E-state index is 0.0427. The van der Waals surface area contributed by atoms with Gasteiger partial charge < -0.3 is 10.6 Å². The van der Waals surface area contributed by atoms with Crippen molar-refractivity contribution in [3.05, 3.63) is 77.8 Å². The zero-order chi connectivity index (χ0) is 18.6. The Kier molecular flexibility index (Phi) is 5.16. The van der Waals surface area contributed by atoms with Gasteiger partial charge >= 0.3 is 0 Å². The molecular weight excluding hydrogens is 329 g/mol. The lowest BCUT2D eigenvalue weighted by Gasteiger charge is -2.40. The number of hydrogen-bond donors (Lipinski definition) is 3. The van der Waals surface area contributed by atoms with Crippen LogP contribution < -0.4 is 10.6 Å². The summed E-state index contributed by atoms with van der Waals surface area (Å²) in [7, 11) is 0. The van der Waals surface area contributed by atoms with Gasteiger partial charge in [0.25, 0.3) is 0 Å². The molecule has 2 aromatic rings. The Balaban J connectivity index is 1.69. The number of halogens is 1. The summed E-state index contributed by atoms with van der Waals surface area (Å²) in [6, 6.07) is 15.8. The van der Waals surface area contributed by atoms with E-state index in [4.69, 9.17) is 5.41 Å². The molecule has 0 spiro atoms. The van der Waals surface area contributed by atoms with E-state index in [0.717, 1.165) is 12.1 Å². The normalized spacial score (nSPS) is 15.7. The number of para-hydroxylation sites is 1. The highest BCUT2D eigenvalue weighted by atomic mass is 19.1. The van der Waals surface area contributed by atoms with Crippen molar-refractivity contribution in [1.82, 2.24) is 5.32 Å². The zero-order valence-electron chi connectivity index (χ0n) is 14.7. The first-order valence-electron chi connectivity index (χ1n) is 8.66. The predicted molar refractivity (Wildman–Crippen MR) is 102 cm³/mol. The van der Waals surface area contributed by atoms with Crippen LogP contribution in [0.25, 0.3) is 0 Å². The fraction of sp³-hybridized carbons (Fsp3) is 0.238. The molecule has 0 radical (unpaired) electrons. The van der Waals surface area contributed by atoms with E-state index in [-0.39, 0.29) is 17.6 Å². The molecule has 1 saturated carbocycles. The quantitative estimate of drug-likeness (QED) is 0.554. The SMILES string of the molecule is C/C(=C/Nc1ccccc1)C(=N)NC(=O)C1(c2cccc(F)c2)CCC1. The molecule has 0 bridgehead atoms. The zero-order valence-corrected chi connectivity index (χ0v) is 14.7. The third-order valence-electron chi connectivity index (χ3n) is 4.88. The average Bonchev–Trinajstić information content (AvgIpc) is 2.59. The number of hydrogen-bond acceptors (Lipinski definition) is 3. The maximum atomic E-state index is 13.6. The summed E-state index contributed by atoms with van der Waals surface area (Å²) < 4.78 is 13.6. The highest BCUT2D eigenvalue weighted by Gasteiger charge is 2.46. The Hall–Kier alpha value is -2.95. The van der Waals surface area contributed by atoms with Crippen LogP contribution in [-0.2, 0) is 10.2 Å². The predicted octanol–water partition coefficient (Wildman–Crippen LogP) is 4.36. The van der Waals surface area contributed by atoms with Crippen molar-refractivity contribution in [2.24, 2.45) is 0 Å². The summed E-state index contributed by atoms with van der Waals surface area (Å²) in [5.74, 6) is -0.548. The standard InChI is InChI=1S/C21H22FN3O/c1-15(14-24-18-9-3-2-4-10-18)19(23)25-20(26)21(11-6-12-21)16-7-5-8-17(22)13-16/h2-5,7-10,13-14,24H,6,11-12H2,1H3,(H2,23,25,26)/b15-14-. The molecule has 0 heterocycles. The molecule has 5 heteroatoms. The molecule has 3 rings (SSSR count). The summed E-state index contributed by atoms with van der Waals surface area (Å²) in [5.41, 5.74) is 1.46. The van der Waals surface area contributed by atoms with Crippen molar-refractivity contribution in [3.8, 4) is 0 Å². The van der Waals surface area contributed by atoms with Crippen molar-refractivity contribution in [1.29, 1.82) is 5.41 Å². The van der Waals surface area contributed by atoms with Crippen LogP contribution in [0.4, 0.5) is 10.1 Å². The fourth-order valence-electron chi connectivity index (χ4n) is 3.09. The van der Waals surface area contributed by atoms with Crippen LogP contribution in [0.1, 0.15) is 31.7 Å². The van der Waals surface area contributed by atoms with E-state index in [1.165, 1.54) is 12.1 Å². The summed E-state index contributed by atoms with van der Waals surface area (Å²) >= 11 is 0. The van der Waals surface area contributed by atoms with Gasteiger partial charge in [-0.2, -0.15) is 0 Å². The first-order valence-corrected chi connectivity index (χ1v) is 8.66. The maximum Gasteiger partial charge on any atom is 0.236 e. The third kappa shape index (κ3) is 3.67. The number of rotatable bonds is 5. The Morgan fingerprint density at radius 1 is 1.15 bits per heavy atom. The van der Waals surface area contributed by atoms with Gasteiger partial charge in [-0.1, -0.05) is 36.8 Å². The lowest BCUT2D eigenvalue weighted by atomic mass is 9.63. The van der Waals surface area contributed by atoms with E-state index in [0.29, 0.717) is 24.0 Å². The number of anilines is 1. The van der Waals surface area contributed by atoms with Crippen LogP contribution in [0, 0.1) is 11.2 Å². The second-order valence-electron chi connectivity index (χ2n) is 6.61. The maximum absolute atomic E-state index is 13.6. The molecule has 0 aliphatic heterocycles. The number of nitrogens with one attached hydrogen (secondary N) is 3. The van der Waals surface area contributed by atoms with Gasteiger partial charge in [-0.05, 0) is 49.6 Å². The van der Waals surface area contributed by atoms with Crippen molar-refractivity contribution >= 4 is 17.4 Å². The van der Waals surface area contributed by atoms with Crippen LogP contribution >= 0.6 is 0 Å². The van der Waals surface area contributed by atoms with Gasteiger partial charge in [0.15, 0.2) is 0 Å². The van der Waals surface area contributed by atoms with Crippen LogP contribution in [0.3, 0.4) is 0 Å². The van der Waals surface area contributed by atoms with Crippen molar-refractivity contribution in [2.75, 3.05) is 5.32 Å². The molecule has 0 unspecified atom stereocenters. The van der Waals surface area contributed by atoms with Crippen LogP contribution in [0.15, 0.2) is 66.4 Å². The van der Waals surface area contributed by atoms with Gasteiger partial charge in [0.05, 0.1) is 5.41 Å². The second-order valence-corrected chi connectivity index (χ2v) is 6.61. The van der Waals surface area contributed by atoms with Gasteiger partial charge in [0.2, 0.25) is 5.91 Å². The summed E-state index contributed by atoms with van der Waals surface area (Å²) in [6.45, 7) is 1.76. The molecule has 0 saturated heterocycles. The van der Waals surface area contributed by atoms with E-state index in [1.54, 1.807) is 25.3 Å². The molecule has 1 aliphatic carbocycles. The number of amides is 1. The van der Waals surface area contributed by atoms with Crippen LogP contribution in [-0.4, -0.2) is 11.7 Å². The number of carbonyl (C=O) groups is 1. The molecule has 1 aliphatic rings. The van der Waals surface area contributed by atoms with E-state index in [1.807, 2.05) is 30.3 Å². The highest BCUT2D eigenvalue weighted by Crippen LogP contribution is 2.44.